The van der Waals surface area contributed by atoms with Gasteiger partial charge in [0.1, 0.15) is 33.5 Å². The number of rotatable bonds is 6. The lowest BCUT2D eigenvalue weighted by Crippen LogP contribution is -2.10. The van der Waals surface area contributed by atoms with E-state index in [1.165, 1.54) is 93.2 Å². The molecule has 0 atom stereocenters. The Hall–Kier alpha value is -11.3. The molecular weight excluding hydrogens is 1130 g/mol. The standard InChI is InChI=1S/C48H34O2.C42H32O/c1-48(2,3)32-23-19-29(20-24-32)45-37-12-4-6-14-39(37)46(40-15-7-5-13-38(40)45)31-22-26-36-35-25-21-30(27-43(35)49-44(36)28-31)33-16-10-17-41-34-11-8-9-18-42(34)50-47(33)41;1-42(2,3)30-25-23-29(24-26-30)40-35-14-6-4-12-33(35)39(34-13-5-7-15-36(34)40)28-21-19-27(20-22-28)31-16-10-17-37-32-11-8-9-18-38(32)43-41(31)37/h4-28H,1-3H3;4-26H,1-3H3. The lowest BCUT2D eigenvalue weighted by molar-refractivity contribution is 0.590. The van der Waals surface area contributed by atoms with Crippen molar-refractivity contribution in [3.63, 3.8) is 0 Å². The van der Waals surface area contributed by atoms with Gasteiger partial charge in [-0.25, -0.2) is 0 Å². The van der Waals surface area contributed by atoms with E-state index >= 15 is 0 Å². The molecule has 3 heterocycles. The van der Waals surface area contributed by atoms with Gasteiger partial charge in [0.2, 0.25) is 0 Å². The van der Waals surface area contributed by atoms with Crippen molar-refractivity contribution in [1.29, 1.82) is 0 Å². The number of hydrogen-bond donors (Lipinski definition) is 0. The second-order valence-corrected chi connectivity index (χ2v) is 27.0. The molecule has 0 spiro atoms. The summed E-state index contributed by atoms with van der Waals surface area (Å²) in [5.41, 5.74) is 22.6. The van der Waals surface area contributed by atoms with Crippen molar-refractivity contribution in [1.82, 2.24) is 0 Å². The molecule has 93 heavy (non-hydrogen) atoms. The molecule has 444 valence electrons. The van der Waals surface area contributed by atoms with Gasteiger partial charge in [-0.1, -0.05) is 296 Å². The molecule has 0 saturated heterocycles. The van der Waals surface area contributed by atoms with Crippen LogP contribution < -0.4 is 0 Å². The highest BCUT2D eigenvalue weighted by atomic mass is 16.3. The van der Waals surface area contributed by atoms with Crippen LogP contribution >= 0.6 is 0 Å². The largest absolute Gasteiger partial charge is 0.456 e. The normalized spacial score (nSPS) is 12.2. The van der Waals surface area contributed by atoms with Gasteiger partial charge in [-0.05, 0) is 157 Å². The first-order valence-electron chi connectivity index (χ1n) is 32.4. The van der Waals surface area contributed by atoms with Crippen LogP contribution in [0, 0.1) is 0 Å². The van der Waals surface area contributed by atoms with Crippen molar-refractivity contribution in [3.8, 4) is 66.8 Å². The van der Waals surface area contributed by atoms with Gasteiger partial charge >= 0.3 is 0 Å². The molecule has 0 aliphatic rings. The van der Waals surface area contributed by atoms with Crippen LogP contribution in [-0.2, 0) is 10.8 Å². The van der Waals surface area contributed by atoms with E-state index in [9.17, 15) is 0 Å². The van der Waals surface area contributed by atoms with Gasteiger partial charge in [0, 0.05) is 43.4 Å². The van der Waals surface area contributed by atoms with Gasteiger partial charge in [-0.2, -0.15) is 0 Å². The molecular formula is C90H66O3. The van der Waals surface area contributed by atoms with Crippen LogP contribution in [-0.4, -0.2) is 0 Å². The third kappa shape index (κ3) is 9.40. The third-order valence-electron chi connectivity index (χ3n) is 19.3. The highest BCUT2D eigenvalue weighted by Gasteiger charge is 2.23. The summed E-state index contributed by atoms with van der Waals surface area (Å²) in [5, 5.41) is 16.8. The summed E-state index contributed by atoms with van der Waals surface area (Å²) in [5.74, 6) is 0. The molecule has 0 bridgehead atoms. The minimum absolute atomic E-state index is 0.103. The van der Waals surface area contributed by atoms with E-state index < -0.39 is 0 Å². The maximum atomic E-state index is 6.67. The molecule has 0 unspecified atom stereocenters. The fourth-order valence-corrected chi connectivity index (χ4v) is 14.6. The maximum Gasteiger partial charge on any atom is 0.143 e. The molecule has 18 aromatic rings. The Bertz CT molecular complexity index is 5860. The minimum Gasteiger partial charge on any atom is -0.456 e. The van der Waals surface area contributed by atoms with E-state index in [4.69, 9.17) is 13.3 Å². The van der Waals surface area contributed by atoms with E-state index in [0.717, 1.165) is 93.6 Å². The minimum atomic E-state index is 0.103. The summed E-state index contributed by atoms with van der Waals surface area (Å²) in [6.45, 7) is 13.6. The van der Waals surface area contributed by atoms with Crippen molar-refractivity contribution >= 4 is 109 Å². The Balaban J connectivity index is 0.000000144. The predicted octanol–water partition coefficient (Wildman–Crippen LogP) is 26.3. The summed E-state index contributed by atoms with van der Waals surface area (Å²) in [6, 6.07) is 105. The van der Waals surface area contributed by atoms with Crippen molar-refractivity contribution in [3.05, 3.63) is 302 Å². The summed E-state index contributed by atoms with van der Waals surface area (Å²) in [4.78, 5) is 0. The molecule has 3 aromatic heterocycles. The number of furan rings is 3. The fourth-order valence-electron chi connectivity index (χ4n) is 14.6. The first kappa shape index (κ1) is 55.8. The monoisotopic (exact) mass is 1190 g/mol. The van der Waals surface area contributed by atoms with E-state index in [2.05, 4.69) is 308 Å². The average Bonchev–Trinajstić information content (AvgIpc) is 1.60. The van der Waals surface area contributed by atoms with Crippen LogP contribution in [0.3, 0.4) is 0 Å². The van der Waals surface area contributed by atoms with Gasteiger partial charge in [-0.15, -0.1) is 0 Å². The van der Waals surface area contributed by atoms with Gasteiger partial charge in [0.05, 0.1) is 0 Å². The zero-order chi connectivity index (χ0) is 62.7. The molecule has 3 heteroatoms. The van der Waals surface area contributed by atoms with Crippen LogP contribution in [0.5, 0.6) is 0 Å². The summed E-state index contributed by atoms with van der Waals surface area (Å²) in [6.07, 6.45) is 0. The molecule has 0 N–H and O–H groups in total. The fraction of sp³-hybridized carbons (Fsp3) is 0.0889. The van der Waals surface area contributed by atoms with Crippen molar-refractivity contribution in [2.24, 2.45) is 0 Å². The molecule has 0 radical (unpaired) electrons. The Labute approximate surface area is 540 Å². The van der Waals surface area contributed by atoms with Crippen molar-refractivity contribution < 1.29 is 13.3 Å². The SMILES string of the molecule is CC(C)(C)c1ccc(-c2c3ccccc3c(-c3ccc(-c4cccc5c4oc4ccccc45)cc3)c3ccccc23)cc1.CC(C)(C)c1ccc(-c2c3ccccc3c(-c3ccc4c(c3)oc3cc(-c5cccc6c5oc5ccccc56)ccc34)c3ccccc23)cc1. The topological polar surface area (TPSA) is 39.4 Å². The van der Waals surface area contributed by atoms with E-state index in [0.29, 0.717) is 0 Å². The Morgan fingerprint density at radius 3 is 0.839 bits per heavy atom. The summed E-state index contributed by atoms with van der Waals surface area (Å²) in [7, 11) is 0. The third-order valence-corrected chi connectivity index (χ3v) is 19.3. The second-order valence-electron chi connectivity index (χ2n) is 27.0. The van der Waals surface area contributed by atoms with Gasteiger partial charge < -0.3 is 13.3 Å². The van der Waals surface area contributed by atoms with Gasteiger partial charge in [-0.3, -0.25) is 0 Å². The van der Waals surface area contributed by atoms with Crippen LogP contribution in [0.15, 0.2) is 304 Å². The van der Waals surface area contributed by atoms with E-state index in [1.807, 2.05) is 24.3 Å². The molecule has 3 nitrogen and oxygen atoms in total. The number of benzene rings is 15. The summed E-state index contributed by atoms with van der Waals surface area (Å²) >= 11 is 0. The molecule has 0 aliphatic heterocycles. The first-order valence-corrected chi connectivity index (χ1v) is 32.4. The van der Waals surface area contributed by atoms with Crippen molar-refractivity contribution in [2.75, 3.05) is 0 Å². The van der Waals surface area contributed by atoms with Crippen LogP contribution in [0.2, 0.25) is 0 Å². The zero-order valence-electron chi connectivity index (χ0n) is 52.9. The highest BCUT2D eigenvalue weighted by Crippen LogP contribution is 2.48. The predicted molar refractivity (Wildman–Crippen MR) is 395 cm³/mol. The Kier molecular flexibility index (Phi) is 13.0. The molecule has 0 saturated carbocycles. The molecule has 0 fully saturated rings. The highest BCUT2D eigenvalue weighted by molar-refractivity contribution is 6.24. The van der Waals surface area contributed by atoms with Gasteiger partial charge in [0.15, 0.2) is 0 Å². The molecule has 18 rings (SSSR count). The summed E-state index contributed by atoms with van der Waals surface area (Å²) < 4.78 is 19.4. The van der Waals surface area contributed by atoms with Crippen LogP contribution in [0.1, 0.15) is 52.7 Å². The smallest absolute Gasteiger partial charge is 0.143 e. The molecule has 15 aromatic carbocycles. The van der Waals surface area contributed by atoms with Crippen LogP contribution in [0.4, 0.5) is 0 Å². The number of para-hydroxylation sites is 4. The number of fused-ring (bicyclic) bond motifs is 13. The molecule has 0 amide bonds. The van der Waals surface area contributed by atoms with E-state index in [1.54, 1.807) is 0 Å². The van der Waals surface area contributed by atoms with Crippen molar-refractivity contribution in [2.45, 2.75) is 52.4 Å². The second kappa shape index (κ2) is 21.7. The Morgan fingerprint density at radius 1 is 0.194 bits per heavy atom. The number of hydrogen-bond acceptors (Lipinski definition) is 3. The first-order chi connectivity index (χ1) is 45.4. The zero-order valence-corrected chi connectivity index (χ0v) is 52.9. The lowest BCUT2D eigenvalue weighted by Gasteiger charge is -2.21. The van der Waals surface area contributed by atoms with Gasteiger partial charge in [0.25, 0.3) is 0 Å². The molecule has 0 aliphatic carbocycles. The average molecular weight is 1200 g/mol. The lowest BCUT2D eigenvalue weighted by atomic mass is 9.83. The van der Waals surface area contributed by atoms with Crippen LogP contribution in [0.25, 0.3) is 176 Å². The quantitative estimate of drug-likeness (QED) is 0.156. The van der Waals surface area contributed by atoms with E-state index in [-0.39, 0.29) is 10.8 Å². The Morgan fingerprint density at radius 2 is 0.462 bits per heavy atom. The maximum absolute atomic E-state index is 6.67.